The molecule has 0 bridgehead atoms. The SMILES string of the molecule is Cc1cc(C)n(-c2cncc(N3CC[C@@H](Oc4ccncc4)C3)n2)n1. The van der Waals surface area contributed by atoms with Crippen LogP contribution in [0.3, 0.4) is 0 Å². The minimum absolute atomic E-state index is 0.140. The highest BCUT2D eigenvalue weighted by molar-refractivity contribution is 5.41. The molecule has 0 radical (unpaired) electrons. The minimum atomic E-state index is 0.140. The van der Waals surface area contributed by atoms with Gasteiger partial charge in [0.2, 0.25) is 0 Å². The van der Waals surface area contributed by atoms with Crippen molar-refractivity contribution in [3.63, 3.8) is 0 Å². The summed E-state index contributed by atoms with van der Waals surface area (Å²) in [5, 5.41) is 4.48. The smallest absolute Gasteiger partial charge is 0.174 e. The van der Waals surface area contributed by atoms with Gasteiger partial charge in [0.05, 0.1) is 24.6 Å². The highest BCUT2D eigenvalue weighted by atomic mass is 16.5. The molecule has 25 heavy (non-hydrogen) atoms. The van der Waals surface area contributed by atoms with E-state index in [0.717, 1.165) is 48.3 Å². The highest BCUT2D eigenvalue weighted by Gasteiger charge is 2.25. The average molecular weight is 336 g/mol. The normalized spacial score (nSPS) is 17.0. The van der Waals surface area contributed by atoms with E-state index in [2.05, 4.69) is 20.0 Å². The molecule has 3 aromatic heterocycles. The molecule has 0 N–H and O–H groups in total. The van der Waals surface area contributed by atoms with Crippen LogP contribution in [0.1, 0.15) is 17.8 Å². The van der Waals surface area contributed by atoms with E-state index in [0.29, 0.717) is 0 Å². The van der Waals surface area contributed by atoms with E-state index < -0.39 is 0 Å². The monoisotopic (exact) mass is 336 g/mol. The van der Waals surface area contributed by atoms with Crippen LogP contribution < -0.4 is 9.64 Å². The van der Waals surface area contributed by atoms with Gasteiger partial charge in [0.15, 0.2) is 5.82 Å². The van der Waals surface area contributed by atoms with Crippen LogP contribution in [0.4, 0.5) is 5.82 Å². The number of aryl methyl sites for hydroxylation is 2. The summed E-state index contributed by atoms with van der Waals surface area (Å²) < 4.78 is 7.84. The Kier molecular flexibility index (Phi) is 4.05. The van der Waals surface area contributed by atoms with Crippen molar-refractivity contribution < 1.29 is 4.74 Å². The van der Waals surface area contributed by atoms with Crippen molar-refractivity contribution >= 4 is 5.82 Å². The lowest BCUT2D eigenvalue weighted by Gasteiger charge is -2.18. The zero-order valence-electron chi connectivity index (χ0n) is 14.3. The molecular weight excluding hydrogens is 316 g/mol. The molecule has 1 saturated heterocycles. The van der Waals surface area contributed by atoms with Gasteiger partial charge < -0.3 is 9.64 Å². The van der Waals surface area contributed by atoms with Gasteiger partial charge in [-0.15, -0.1) is 0 Å². The Hall–Kier alpha value is -2.96. The van der Waals surface area contributed by atoms with Crippen molar-refractivity contribution in [3.8, 4) is 11.6 Å². The first-order valence-corrected chi connectivity index (χ1v) is 8.36. The average Bonchev–Trinajstić information content (AvgIpc) is 3.22. The van der Waals surface area contributed by atoms with E-state index in [-0.39, 0.29) is 6.10 Å². The molecule has 128 valence electrons. The van der Waals surface area contributed by atoms with Crippen LogP contribution in [-0.2, 0) is 0 Å². The summed E-state index contributed by atoms with van der Waals surface area (Å²) in [5.74, 6) is 2.44. The summed E-state index contributed by atoms with van der Waals surface area (Å²) in [6.07, 6.45) is 8.11. The van der Waals surface area contributed by atoms with E-state index in [4.69, 9.17) is 9.72 Å². The summed E-state index contributed by atoms with van der Waals surface area (Å²) in [4.78, 5) is 15.3. The number of aromatic nitrogens is 5. The third kappa shape index (κ3) is 3.31. The molecule has 4 heterocycles. The first-order chi connectivity index (χ1) is 12.2. The van der Waals surface area contributed by atoms with Gasteiger partial charge in [-0.2, -0.15) is 5.10 Å². The molecule has 0 unspecified atom stereocenters. The molecule has 1 aliphatic rings. The molecule has 1 fully saturated rings. The molecule has 1 atom stereocenters. The van der Waals surface area contributed by atoms with Gasteiger partial charge in [0, 0.05) is 31.1 Å². The van der Waals surface area contributed by atoms with Crippen LogP contribution in [-0.4, -0.2) is 43.9 Å². The second-order valence-corrected chi connectivity index (χ2v) is 6.23. The van der Waals surface area contributed by atoms with Gasteiger partial charge in [0.1, 0.15) is 17.7 Å². The molecule has 7 nitrogen and oxygen atoms in total. The maximum absolute atomic E-state index is 6.02. The van der Waals surface area contributed by atoms with Crippen LogP contribution in [0.25, 0.3) is 5.82 Å². The third-order valence-corrected chi connectivity index (χ3v) is 4.26. The number of nitrogens with zero attached hydrogens (tertiary/aromatic N) is 6. The summed E-state index contributed by atoms with van der Waals surface area (Å²) in [7, 11) is 0. The maximum Gasteiger partial charge on any atom is 0.174 e. The lowest BCUT2D eigenvalue weighted by molar-refractivity contribution is 0.224. The quantitative estimate of drug-likeness (QED) is 0.728. The molecular formula is C18H20N6O. The van der Waals surface area contributed by atoms with E-state index in [1.807, 2.05) is 36.7 Å². The number of anilines is 1. The van der Waals surface area contributed by atoms with Crippen molar-refractivity contribution in [2.75, 3.05) is 18.0 Å². The Morgan fingerprint density at radius 3 is 2.64 bits per heavy atom. The van der Waals surface area contributed by atoms with Crippen LogP contribution in [0, 0.1) is 13.8 Å². The molecule has 4 rings (SSSR count). The Bertz CT molecular complexity index is 863. The van der Waals surface area contributed by atoms with Gasteiger partial charge in [-0.1, -0.05) is 0 Å². The summed E-state index contributed by atoms with van der Waals surface area (Å²) in [5.41, 5.74) is 2.01. The van der Waals surface area contributed by atoms with Crippen molar-refractivity contribution in [2.24, 2.45) is 0 Å². The molecule has 3 aromatic rings. The molecule has 0 saturated carbocycles. The third-order valence-electron chi connectivity index (χ3n) is 4.26. The van der Waals surface area contributed by atoms with Crippen LogP contribution >= 0.6 is 0 Å². The molecule has 0 aromatic carbocycles. The van der Waals surface area contributed by atoms with Gasteiger partial charge >= 0.3 is 0 Å². The molecule has 0 amide bonds. The van der Waals surface area contributed by atoms with Gasteiger partial charge in [-0.25, -0.2) is 9.67 Å². The Balaban J connectivity index is 1.49. The topological polar surface area (TPSA) is 69.0 Å². The van der Waals surface area contributed by atoms with Crippen LogP contribution in [0.5, 0.6) is 5.75 Å². The highest BCUT2D eigenvalue weighted by Crippen LogP contribution is 2.22. The van der Waals surface area contributed by atoms with E-state index in [9.17, 15) is 0 Å². The van der Waals surface area contributed by atoms with E-state index in [1.54, 1.807) is 24.8 Å². The second-order valence-electron chi connectivity index (χ2n) is 6.23. The fourth-order valence-corrected chi connectivity index (χ4v) is 3.10. The first kappa shape index (κ1) is 15.6. The molecule has 0 spiro atoms. The standard InChI is InChI=1S/C18H20N6O/c1-13-9-14(2)24(22-13)18-11-20-10-17(21-18)23-8-5-16(12-23)25-15-3-6-19-7-4-15/h3-4,6-7,9-11,16H,5,8,12H2,1-2H3/t16-/m1/s1. The number of rotatable bonds is 4. The van der Waals surface area contributed by atoms with Crippen LogP contribution in [0.2, 0.25) is 0 Å². The number of hydrogen-bond acceptors (Lipinski definition) is 6. The number of hydrogen-bond donors (Lipinski definition) is 0. The number of ether oxygens (including phenoxy) is 1. The lowest BCUT2D eigenvalue weighted by atomic mass is 10.3. The second kappa shape index (κ2) is 6.51. The van der Waals surface area contributed by atoms with E-state index in [1.165, 1.54) is 0 Å². The van der Waals surface area contributed by atoms with Crippen LogP contribution in [0.15, 0.2) is 43.0 Å². The summed E-state index contributed by atoms with van der Waals surface area (Å²) in [6.45, 7) is 5.67. The fraction of sp³-hybridized carbons (Fsp3) is 0.333. The predicted molar refractivity (Wildman–Crippen MR) is 94.1 cm³/mol. The van der Waals surface area contributed by atoms with Gasteiger partial charge in [-0.3, -0.25) is 9.97 Å². The minimum Gasteiger partial charge on any atom is -0.488 e. The van der Waals surface area contributed by atoms with Crippen molar-refractivity contribution in [1.82, 2.24) is 24.7 Å². The maximum atomic E-state index is 6.02. The molecule has 1 aliphatic heterocycles. The fourth-order valence-electron chi connectivity index (χ4n) is 3.10. The summed E-state index contributed by atoms with van der Waals surface area (Å²) >= 11 is 0. The number of pyridine rings is 1. The molecule has 0 aliphatic carbocycles. The zero-order chi connectivity index (χ0) is 17.2. The van der Waals surface area contributed by atoms with Crippen molar-refractivity contribution in [2.45, 2.75) is 26.4 Å². The Morgan fingerprint density at radius 1 is 1.08 bits per heavy atom. The Labute approximate surface area is 146 Å². The molecule has 7 heteroatoms. The van der Waals surface area contributed by atoms with Gasteiger partial charge in [0.25, 0.3) is 0 Å². The predicted octanol–water partition coefficient (Wildman–Crippen LogP) is 2.33. The Morgan fingerprint density at radius 2 is 1.88 bits per heavy atom. The zero-order valence-corrected chi connectivity index (χ0v) is 14.3. The lowest BCUT2D eigenvalue weighted by Crippen LogP contribution is -2.25. The van der Waals surface area contributed by atoms with Crippen molar-refractivity contribution in [1.29, 1.82) is 0 Å². The first-order valence-electron chi connectivity index (χ1n) is 8.36. The summed E-state index contributed by atoms with van der Waals surface area (Å²) in [6, 6.07) is 5.79. The van der Waals surface area contributed by atoms with E-state index >= 15 is 0 Å². The van der Waals surface area contributed by atoms with Crippen molar-refractivity contribution in [3.05, 3.63) is 54.4 Å². The van der Waals surface area contributed by atoms with Gasteiger partial charge in [-0.05, 0) is 32.0 Å². The largest absolute Gasteiger partial charge is 0.488 e.